The van der Waals surface area contributed by atoms with Crippen molar-refractivity contribution in [3.8, 4) is 0 Å². The molecule has 0 aliphatic carbocycles. The van der Waals surface area contributed by atoms with Gasteiger partial charge < -0.3 is 5.53 Å². The van der Waals surface area contributed by atoms with Crippen LogP contribution in [0.2, 0.25) is 0 Å². The SMILES string of the molecule is CCCCCc1ccc(C(=C(C=C=[N+]=[N-])CCCC)c2cccc(CCCC)c2)cc1. The Hall–Kier alpha value is -2.66. The Morgan fingerprint density at radius 3 is 2.19 bits per heavy atom. The molecule has 2 rings (SSSR count). The van der Waals surface area contributed by atoms with Crippen LogP contribution in [0, 0.1) is 0 Å². The number of nitrogens with zero attached hydrogens (tertiary/aromatic N) is 2. The van der Waals surface area contributed by atoms with Crippen molar-refractivity contribution in [1.82, 2.24) is 0 Å². The maximum atomic E-state index is 9.00. The molecule has 0 heterocycles. The second kappa shape index (κ2) is 14.4. The van der Waals surface area contributed by atoms with E-state index in [1.165, 1.54) is 65.5 Å². The molecule has 31 heavy (non-hydrogen) atoms. The Morgan fingerprint density at radius 1 is 0.806 bits per heavy atom. The van der Waals surface area contributed by atoms with Gasteiger partial charge in [-0.15, -0.1) is 4.79 Å². The first kappa shape index (κ1) is 24.6. The summed E-state index contributed by atoms with van der Waals surface area (Å²) in [7, 11) is 0. The normalized spacial score (nSPS) is 11.5. The third-order valence-corrected chi connectivity index (χ3v) is 5.76. The molecule has 0 amide bonds. The van der Waals surface area contributed by atoms with Gasteiger partial charge in [0, 0.05) is 0 Å². The van der Waals surface area contributed by atoms with Crippen LogP contribution in [-0.2, 0) is 12.8 Å². The minimum absolute atomic E-state index is 0.936. The molecule has 0 spiro atoms. The van der Waals surface area contributed by atoms with Gasteiger partial charge in [-0.05, 0) is 71.9 Å². The van der Waals surface area contributed by atoms with E-state index in [1.54, 1.807) is 0 Å². The monoisotopic (exact) mass is 414 g/mol. The van der Waals surface area contributed by atoms with Crippen molar-refractivity contribution in [3.63, 3.8) is 0 Å². The van der Waals surface area contributed by atoms with Gasteiger partial charge in [0.05, 0.1) is 6.08 Å². The zero-order valence-electron chi connectivity index (χ0n) is 19.7. The number of unbranched alkanes of at least 4 members (excludes halogenated alkanes) is 4. The van der Waals surface area contributed by atoms with Gasteiger partial charge >= 0.3 is 0 Å². The van der Waals surface area contributed by atoms with Crippen LogP contribution < -0.4 is 0 Å². The van der Waals surface area contributed by atoms with Crippen LogP contribution in [-0.4, -0.2) is 10.7 Å². The van der Waals surface area contributed by atoms with Crippen molar-refractivity contribution in [2.75, 3.05) is 0 Å². The van der Waals surface area contributed by atoms with E-state index < -0.39 is 0 Å². The summed E-state index contributed by atoms with van der Waals surface area (Å²) in [6.07, 6.45) is 13.4. The molecule has 0 radical (unpaired) electrons. The fraction of sp³-hybridized carbons (Fsp3) is 0.448. The molecule has 0 aromatic heterocycles. The highest BCUT2D eigenvalue weighted by atomic mass is 14.8. The summed E-state index contributed by atoms with van der Waals surface area (Å²) in [5, 5.41) is 0. The third-order valence-electron chi connectivity index (χ3n) is 5.76. The van der Waals surface area contributed by atoms with Gasteiger partial charge in [0.15, 0.2) is 0 Å². The van der Waals surface area contributed by atoms with Gasteiger partial charge in [0.2, 0.25) is 0 Å². The minimum Gasteiger partial charge on any atom is -0.348 e. The Balaban J connectivity index is 2.53. The van der Waals surface area contributed by atoms with Gasteiger partial charge in [-0.2, -0.15) is 0 Å². The standard InChI is InChI=1S/C29H38N2/c1-4-7-10-13-24-17-19-27(20-18-24)29(26(15-9-6-3)21-22-31-30)28-16-11-14-25(23-28)12-8-5-2/h11,14,16-21,23H,4-10,12-13,15H2,1-3H3. The second-order valence-corrected chi connectivity index (χ2v) is 8.34. The van der Waals surface area contributed by atoms with Crippen LogP contribution in [0.5, 0.6) is 0 Å². The maximum absolute atomic E-state index is 9.00. The molecule has 164 valence electrons. The Kier molecular flexibility index (Phi) is 11.4. The van der Waals surface area contributed by atoms with Crippen LogP contribution in [0.15, 0.2) is 60.2 Å². The van der Waals surface area contributed by atoms with Gasteiger partial charge in [0.25, 0.3) is 5.87 Å². The number of aryl methyl sites for hydroxylation is 2. The highest BCUT2D eigenvalue weighted by Gasteiger charge is 2.12. The van der Waals surface area contributed by atoms with Crippen LogP contribution in [0.4, 0.5) is 0 Å². The summed E-state index contributed by atoms with van der Waals surface area (Å²) in [6.45, 7) is 6.69. The molecular weight excluding hydrogens is 376 g/mol. The molecule has 0 bridgehead atoms. The number of hydrogen-bond donors (Lipinski definition) is 0. The number of allylic oxidation sites excluding steroid dienone is 2. The van der Waals surface area contributed by atoms with Crippen LogP contribution in [0.25, 0.3) is 11.1 Å². The molecule has 0 N–H and O–H groups in total. The lowest BCUT2D eigenvalue weighted by molar-refractivity contribution is 0.00800. The van der Waals surface area contributed by atoms with Crippen molar-refractivity contribution in [3.05, 3.63) is 88.0 Å². The molecule has 0 atom stereocenters. The van der Waals surface area contributed by atoms with Crippen LogP contribution in [0.3, 0.4) is 0 Å². The topological polar surface area (TPSA) is 36.4 Å². The maximum Gasteiger partial charge on any atom is 0.299 e. The van der Waals surface area contributed by atoms with E-state index in [1.807, 2.05) is 6.08 Å². The molecule has 0 fully saturated rings. The molecule has 0 aliphatic heterocycles. The lowest BCUT2D eigenvalue weighted by Gasteiger charge is -2.15. The second-order valence-electron chi connectivity index (χ2n) is 8.34. The van der Waals surface area contributed by atoms with Crippen molar-refractivity contribution < 1.29 is 4.79 Å². The van der Waals surface area contributed by atoms with Crippen molar-refractivity contribution in [1.29, 1.82) is 0 Å². The highest BCUT2D eigenvalue weighted by molar-refractivity contribution is 5.85. The van der Waals surface area contributed by atoms with Crippen LogP contribution >= 0.6 is 0 Å². The summed E-state index contributed by atoms with van der Waals surface area (Å²) in [4.78, 5) is 3.13. The number of benzene rings is 2. The summed E-state index contributed by atoms with van der Waals surface area (Å²) in [6, 6.07) is 18.0. The zero-order valence-corrected chi connectivity index (χ0v) is 19.7. The summed E-state index contributed by atoms with van der Waals surface area (Å²) in [5.74, 6) is 2.67. The van der Waals surface area contributed by atoms with Crippen molar-refractivity contribution in [2.45, 2.75) is 85.0 Å². The molecule has 2 nitrogen and oxygen atoms in total. The molecule has 2 heteroatoms. The van der Waals surface area contributed by atoms with Crippen molar-refractivity contribution >= 4 is 11.4 Å². The number of hydrogen-bond acceptors (Lipinski definition) is 0. The van der Waals surface area contributed by atoms with E-state index in [2.05, 4.69) is 80.0 Å². The van der Waals surface area contributed by atoms with E-state index in [-0.39, 0.29) is 0 Å². The first-order valence-electron chi connectivity index (χ1n) is 12.1. The predicted octanol–water partition coefficient (Wildman–Crippen LogP) is 8.21. The zero-order chi connectivity index (χ0) is 22.3. The lowest BCUT2D eigenvalue weighted by atomic mass is 9.88. The van der Waals surface area contributed by atoms with Gasteiger partial charge in [-0.3, -0.25) is 0 Å². The lowest BCUT2D eigenvalue weighted by Crippen LogP contribution is -1.97. The van der Waals surface area contributed by atoms with Gasteiger partial charge in [-0.25, -0.2) is 0 Å². The van der Waals surface area contributed by atoms with Gasteiger partial charge in [-0.1, -0.05) is 95.0 Å². The summed E-state index contributed by atoms with van der Waals surface area (Å²) >= 11 is 0. The molecule has 2 aromatic carbocycles. The predicted molar refractivity (Wildman–Crippen MR) is 133 cm³/mol. The van der Waals surface area contributed by atoms with Gasteiger partial charge in [0.1, 0.15) is 0 Å². The average molecular weight is 415 g/mol. The quantitative estimate of drug-likeness (QED) is 0.104. The molecular formula is C29H38N2. The smallest absolute Gasteiger partial charge is 0.299 e. The Labute approximate surface area is 189 Å². The van der Waals surface area contributed by atoms with E-state index in [4.69, 9.17) is 5.53 Å². The molecule has 0 saturated heterocycles. The third kappa shape index (κ3) is 8.18. The fourth-order valence-electron chi connectivity index (χ4n) is 3.96. The summed E-state index contributed by atoms with van der Waals surface area (Å²) in [5.41, 5.74) is 16.6. The molecule has 2 aromatic rings. The van der Waals surface area contributed by atoms with E-state index in [0.717, 1.165) is 32.1 Å². The van der Waals surface area contributed by atoms with E-state index >= 15 is 0 Å². The summed E-state index contributed by atoms with van der Waals surface area (Å²) < 4.78 is 0. The Morgan fingerprint density at radius 2 is 1.52 bits per heavy atom. The first-order chi connectivity index (χ1) is 15.2. The molecule has 0 aliphatic rings. The first-order valence-corrected chi connectivity index (χ1v) is 12.1. The fourth-order valence-corrected chi connectivity index (χ4v) is 3.96. The molecule has 0 unspecified atom stereocenters. The van der Waals surface area contributed by atoms with Crippen molar-refractivity contribution in [2.24, 2.45) is 0 Å². The van der Waals surface area contributed by atoms with E-state index in [9.17, 15) is 0 Å². The average Bonchev–Trinajstić information content (AvgIpc) is 2.80. The van der Waals surface area contributed by atoms with E-state index in [0.29, 0.717) is 0 Å². The largest absolute Gasteiger partial charge is 0.348 e. The Bertz CT molecular complexity index is 908. The molecule has 0 saturated carbocycles. The highest BCUT2D eigenvalue weighted by Crippen LogP contribution is 2.31. The number of rotatable bonds is 13. The minimum atomic E-state index is 0.936. The van der Waals surface area contributed by atoms with Crippen LogP contribution in [0.1, 0.15) is 94.4 Å².